The third-order valence-corrected chi connectivity index (χ3v) is 3.71. The molecule has 0 atom stereocenters. The number of benzene rings is 1. The van der Waals surface area contributed by atoms with Gasteiger partial charge in [0.1, 0.15) is 18.1 Å². The molecule has 0 fully saturated rings. The Morgan fingerprint density at radius 1 is 1.29 bits per heavy atom. The van der Waals surface area contributed by atoms with Crippen molar-refractivity contribution in [1.29, 1.82) is 0 Å². The van der Waals surface area contributed by atoms with Crippen molar-refractivity contribution < 1.29 is 9.15 Å². The number of hydrogen-bond donors (Lipinski definition) is 1. The highest BCUT2D eigenvalue weighted by Crippen LogP contribution is 2.13. The van der Waals surface area contributed by atoms with Gasteiger partial charge in [-0.25, -0.2) is 9.98 Å². The molecule has 0 aliphatic heterocycles. The fourth-order valence-corrected chi connectivity index (χ4v) is 2.30. The van der Waals surface area contributed by atoms with Crippen LogP contribution in [0.2, 0.25) is 0 Å². The third kappa shape index (κ3) is 4.75. The summed E-state index contributed by atoms with van der Waals surface area (Å²) in [6.07, 6.45) is 0. The van der Waals surface area contributed by atoms with Crippen LogP contribution in [-0.2, 0) is 13.1 Å². The van der Waals surface area contributed by atoms with Gasteiger partial charge in [0, 0.05) is 20.1 Å². The van der Waals surface area contributed by atoms with Crippen molar-refractivity contribution in [3.63, 3.8) is 0 Å². The van der Waals surface area contributed by atoms with Crippen LogP contribution < -0.4 is 10.1 Å². The summed E-state index contributed by atoms with van der Waals surface area (Å²) in [5.74, 6) is 3.16. The predicted molar refractivity (Wildman–Crippen MR) is 95.3 cm³/mol. The van der Waals surface area contributed by atoms with Gasteiger partial charge in [-0.1, -0.05) is 12.1 Å². The number of guanidine groups is 1. The second-order valence-corrected chi connectivity index (χ2v) is 5.62. The molecular formula is C18H26N4O2. The molecule has 1 aromatic heterocycles. The third-order valence-electron chi connectivity index (χ3n) is 3.71. The zero-order valence-electron chi connectivity index (χ0n) is 15.1. The molecule has 0 spiro atoms. The van der Waals surface area contributed by atoms with Gasteiger partial charge < -0.3 is 19.4 Å². The van der Waals surface area contributed by atoms with E-state index in [1.165, 1.54) is 5.56 Å². The fourth-order valence-electron chi connectivity index (χ4n) is 2.30. The van der Waals surface area contributed by atoms with Crippen LogP contribution in [0.3, 0.4) is 0 Å². The van der Waals surface area contributed by atoms with Crippen molar-refractivity contribution >= 4 is 5.96 Å². The summed E-state index contributed by atoms with van der Waals surface area (Å²) < 4.78 is 10.8. The quantitative estimate of drug-likeness (QED) is 0.652. The second-order valence-electron chi connectivity index (χ2n) is 5.62. The summed E-state index contributed by atoms with van der Waals surface area (Å²) in [6, 6.07) is 8.04. The van der Waals surface area contributed by atoms with Crippen LogP contribution in [0.25, 0.3) is 0 Å². The molecule has 0 saturated carbocycles. The highest BCUT2D eigenvalue weighted by atomic mass is 16.5. The number of ether oxygens (including phenoxy) is 1. The normalized spacial score (nSPS) is 11.5. The minimum atomic E-state index is 0.421. The van der Waals surface area contributed by atoms with Crippen molar-refractivity contribution in [1.82, 2.24) is 15.2 Å². The fraction of sp³-hybridized carbons (Fsp3) is 0.444. The Hall–Kier alpha value is -2.50. The maximum absolute atomic E-state index is 5.59. The Labute approximate surface area is 143 Å². The molecule has 0 radical (unpaired) electrons. The number of methoxy groups -OCH3 is 1. The molecule has 0 amide bonds. The molecule has 6 heteroatoms. The maximum Gasteiger partial charge on any atom is 0.216 e. The summed E-state index contributed by atoms with van der Waals surface area (Å²) in [7, 11) is 3.68. The Bertz CT molecular complexity index is 657. The molecule has 0 saturated heterocycles. The van der Waals surface area contributed by atoms with Gasteiger partial charge in [0.15, 0.2) is 5.96 Å². The van der Waals surface area contributed by atoms with Crippen LogP contribution >= 0.6 is 0 Å². The zero-order valence-corrected chi connectivity index (χ0v) is 15.1. The largest absolute Gasteiger partial charge is 0.497 e. The monoisotopic (exact) mass is 330 g/mol. The number of nitrogens with one attached hydrogen (secondary N) is 1. The number of rotatable bonds is 6. The first-order chi connectivity index (χ1) is 11.5. The molecule has 130 valence electrons. The predicted octanol–water partition coefficient (Wildman–Crippen LogP) is 2.90. The molecular weight excluding hydrogens is 304 g/mol. The van der Waals surface area contributed by atoms with Crippen LogP contribution in [0.4, 0.5) is 0 Å². The topological polar surface area (TPSA) is 62.9 Å². The molecule has 1 aromatic carbocycles. The van der Waals surface area contributed by atoms with E-state index in [0.717, 1.165) is 36.3 Å². The van der Waals surface area contributed by atoms with Crippen LogP contribution in [0.15, 0.2) is 33.7 Å². The summed E-state index contributed by atoms with van der Waals surface area (Å²) >= 11 is 0. The molecule has 0 bridgehead atoms. The molecule has 0 aliphatic rings. The minimum Gasteiger partial charge on any atom is -0.497 e. The van der Waals surface area contributed by atoms with Gasteiger partial charge in [-0.05, 0) is 38.5 Å². The summed E-state index contributed by atoms with van der Waals surface area (Å²) in [4.78, 5) is 11.1. The summed E-state index contributed by atoms with van der Waals surface area (Å²) in [5, 5.41) is 3.30. The average Bonchev–Trinajstić information content (AvgIpc) is 2.90. The number of aliphatic imine (C=N–C) groups is 1. The Morgan fingerprint density at radius 2 is 2.00 bits per heavy atom. The molecule has 6 nitrogen and oxygen atoms in total. The maximum atomic E-state index is 5.59. The van der Waals surface area contributed by atoms with E-state index in [1.54, 1.807) is 7.11 Å². The van der Waals surface area contributed by atoms with Crippen molar-refractivity contribution in [2.75, 3.05) is 20.7 Å². The molecule has 2 aromatic rings. The number of hydrogen-bond acceptors (Lipinski definition) is 4. The number of aromatic nitrogens is 1. The minimum absolute atomic E-state index is 0.421. The van der Waals surface area contributed by atoms with Crippen LogP contribution in [-0.4, -0.2) is 36.5 Å². The van der Waals surface area contributed by atoms with E-state index in [4.69, 9.17) is 9.15 Å². The smallest absolute Gasteiger partial charge is 0.216 e. The van der Waals surface area contributed by atoms with Gasteiger partial charge in [-0.15, -0.1) is 0 Å². The molecule has 1 N–H and O–H groups in total. The van der Waals surface area contributed by atoms with E-state index in [0.29, 0.717) is 12.4 Å². The lowest BCUT2D eigenvalue weighted by molar-refractivity contribution is 0.414. The van der Waals surface area contributed by atoms with E-state index in [2.05, 4.69) is 39.2 Å². The molecule has 24 heavy (non-hydrogen) atoms. The SMILES string of the molecule is CCNC(=NCc1nc(C)c(C)o1)N(C)Cc1ccc(OC)cc1. The first kappa shape index (κ1) is 17.8. The van der Waals surface area contributed by atoms with Crippen molar-refractivity contribution in [3.05, 3.63) is 47.2 Å². The molecule has 2 rings (SSSR count). The number of nitrogens with zero attached hydrogens (tertiary/aromatic N) is 3. The van der Waals surface area contributed by atoms with Gasteiger partial charge in [-0.3, -0.25) is 0 Å². The number of aryl methyl sites for hydroxylation is 2. The zero-order chi connectivity index (χ0) is 17.5. The van der Waals surface area contributed by atoms with Crippen LogP contribution in [0.1, 0.15) is 29.8 Å². The van der Waals surface area contributed by atoms with Gasteiger partial charge in [0.05, 0.1) is 12.8 Å². The second kappa shape index (κ2) is 8.38. The summed E-state index contributed by atoms with van der Waals surface area (Å²) in [5.41, 5.74) is 2.10. The lowest BCUT2D eigenvalue weighted by atomic mass is 10.2. The van der Waals surface area contributed by atoms with E-state index >= 15 is 0 Å². The first-order valence-electron chi connectivity index (χ1n) is 8.08. The molecule has 0 aliphatic carbocycles. The van der Waals surface area contributed by atoms with Crippen molar-refractivity contribution in [2.45, 2.75) is 33.9 Å². The standard InChI is InChI=1S/C18H26N4O2/c1-6-19-18(20-11-17-21-13(2)14(3)24-17)22(4)12-15-7-9-16(23-5)10-8-15/h7-10H,6,11-12H2,1-5H3,(H,19,20). The lowest BCUT2D eigenvalue weighted by Crippen LogP contribution is -2.38. The van der Waals surface area contributed by atoms with Crippen molar-refractivity contribution in [3.8, 4) is 5.75 Å². The lowest BCUT2D eigenvalue weighted by Gasteiger charge is -2.22. The summed E-state index contributed by atoms with van der Waals surface area (Å²) in [6.45, 7) is 7.87. The van der Waals surface area contributed by atoms with Crippen LogP contribution in [0.5, 0.6) is 5.75 Å². The highest BCUT2D eigenvalue weighted by molar-refractivity contribution is 5.79. The molecule has 0 unspecified atom stereocenters. The van der Waals surface area contributed by atoms with Gasteiger partial charge in [0.25, 0.3) is 0 Å². The Morgan fingerprint density at radius 3 is 2.54 bits per heavy atom. The van der Waals surface area contributed by atoms with E-state index in [9.17, 15) is 0 Å². The Kier molecular flexibility index (Phi) is 6.23. The van der Waals surface area contributed by atoms with E-state index in [1.807, 2.05) is 33.0 Å². The first-order valence-corrected chi connectivity index (χ1v) is 8.08. The van der Waals surface area contributed by atoms with E-state index in [-0.39, 0.29) is 0 Å². The average molecular weight is 330 g/mol. The Balaban J connectivity index is 2.05. The van der Waals surface area contributed by atoms with Gasteiger partial charge in [-0.2, -0.15) is 0 Å². The number of oxazole rings is 1. The van der Waals surface area contributed by atoms with Gasteiger partial charge in [0.2, 0.25) is 5.89 Å². The highest BCUT2D eigenvalue weighted by Gasteiger charge is 2.09. The van der Waals surface area contributed by atoms with E-state index < -0.39 is 0 Å². The molecule has 1 heterocycles. The van der Waals surface area contributed by atoms with Crippen LogP contribution in [0, 0.1) is 13.8 Å². The van der Waals surface area contributed by atoms with Gasteiger partial charge >= 0.3 is 0 Å². The van der Waals surface area contributed by atoms with Crippen molar-refractivity contribution in [2.24, 2.45) is 4.99 Å².